The largest absolute Gasteiger partial charge is 0.416 e. The zero-order valence-electron chi connectivity index (χ0n) is 12.8. The van der Waals surface area contributed by atoms with E-state index in [4.69, 9.17) is 12.2 Å². The molecule has 2 N–H and O–H groups in total. The molecule has 0 spiro atoms. The van der Waals surface area contributed by atoms with Gasteiger partial charge >= 0.3 is 6.18 Å². The van der Waals surface area contributed by atoms with E-state index >= 15 is 0 Å². The van der Waals surface area contributed by atoms with Crippen LogP contribution in [0, 0.1) is 0 Å². The first-order valence-corrected chi connectivity index (χ1v) is 8.85. The number of hydrogen-bond donors (Lipinski definition) is 2. The summed E-state index contributed by atoms with van der Waals surface area (Å²) < 4.78 is 38.0. The van der Waals surface area contributed by atoms with Crippen LogP contribution >= 0.6 is 24.0 Å². The van der Waals surface area contributed by atoms with Crippen molar-refractivity contribution < 1.29 is 13.2 Å². The van der Waals surface area contributed by atoms with E-state index in [9.17, 15) is 13.2 Å². The van der Waals surface area contributed by atoms with Crippen molar-refractivity contribution in [3.8, 4) is 0 Å². The minimum atomic E-state index is -4.36. The summed E-state index contributed by atoms with van der Waals surface area (Å²) in [6.07, 6.45) is -4.36. The normalized spacial score (nSPS) is 11.1. The molecule has 0 saturated heterocycles. The zero-order chi connectivity index (χ0) is 17.4. The third kappa shape index (κ3) is 6.41. The minimum absolute atomic E-state index is 0.314. The van der Waals surface area contributed by atoms with E-state index in [-0.39, 0.29) is 0 Å². The number of benzene rings is 2. The minimum Gasteiger partial charge on any atom is -0.362 e. The molecule has 0 unspecified atom stereocenters. The van der Waals surface area contributed by atoms with Gasteiger partial charge in [0, 0.05) is 23.7 Å². The Balaban J connectivity index is 1.70. The van der Waals surface area contributed by atoms with Gasteiger partial charge in [0.25, 0.3) is 0 Å². The van der Waals surface area contributed by atoms with Crippen molar-refractivity contribution in [2.75, 3.05) is 17.6 Å². The molecular formula is C17H17F3N2S2. The molecule has 0 heterocycles. The molecule has 2 aromatic carbocycles. The highest BCUT2D eigenvalue weighted by molar-refractivity contribution is 7.98. The van der Waals surface area contributed by atoms with Gasteiger partial charge in [0.15, 0.2) is 5.11 Å². The quantitative estimate of drug-likeness (QED) is 0.556. The summed E-state index contributed by atoms with van der Waals surface area (Å²) in [5.74, 6) is 1.76. The first kappa shape index (κ1) is 18.6. The molecule has 0 radical (unpaired) electrons. The molecule has 0 aliphatic rings. The molecule has 0 amide bonds. The molecule has 0 aliphatic heterocycles. The summed E-state index contributed by atoms with van der Waals surface area (Å²) in [4.78, 5) is 0. The molecule has 0 saturated carbocycles. The average Bonchev–Trinajstić information content (AvgIpc) is 2.55. The van der Waals surface area contributed by atoms with Crippen LogP contribution in [0.5, 0.6) is 0 Å². The first-order valence-electron chi connectivity index (χ1n) is 7.29. The molecule has 7 heteroatoms. The molecule has 0 aliphatic carbocycles. The smallest absolute Gasteiger partial charge is 0.362 e. The lowest BCUT2D eigenvalue weighted by Gasteiger charge is -2.12. The third-order valence-electron chi connectivity index (χ3n) is 3.09. The molecule has 2 aromatic rings. The number of anilines is 1. The fourth-order valence-corrected chi connectivity index (χ4v) is 2.99. The summed E-state index contributed by atoms with van der Waals surface area (Å²) in [5, 5.41) is 6.08. The monoisotopic (exact) mass is 370 g/mol. The number of nitrogens with one attached hydrogen (secondary N) is 2. The maximum atomic E-state index is 12.7. The predicted octanol–water partition coefficient (Wildman–Crippen LogP) is 4.93. The van der Waals surface area contributed by atoms with Gasteiger partial charge in [-0.05, 0) is 36.0 Å². The van der Waals surface area contributed by atoms with E-state index in [1.54, 1.807) is 17.8 Å². The van der Waals surface area contributed by atoms with Crippen molar-refractivity contribution in [2.45, 2.75) is 11.9 Å². The van der Waals surface area contributed by atoms with Crippen LogP contribution in [0.4, 0.5) is 18.9 Å². The van der Waals surface area contributed by atoms with Gasteiger partial charge in [0.2, 0.25) is 0 Å². The fraction of sp³-hybridized carbons (Fsp3) is 0.235. The second-order valence-corrected chi connectivity index (χ2v) is 6.51. The van der Waals surface area contributed by atoms with E-state index in [1.165, 1.54) is 11.6 Å². The predicted molar refractivity (Wildman–Crippen MR) is 98.3 cm³/mol. The standard InChI is InChI=1S/C17H17F3N2S2/c18-17(19,20)14-7-4-8-15(11-14)22-16(23)21-9-10-24-12-13-5-2-1-3-6-13/h1-8,11H,9-10,12H2,(H2,21,22,23). The zero-order valence-corrected chi connectivity index (χ0v) is 14.4. The highest BCUT2D eigenvalue weighted by atomic mass is 32.2. The van der Waals surface area contributed by atoms with Gasteiger partial charge in [-0.3, -0.25) is 0 Å². The summed E-state index contributed by atoms with van der Waals surface area (Å²) >= 11 is 6.86. The molecule has 0 atom stereocenters. The Kier molecular flexibility index (Phi) is 6.93. The number of thiocarbonyl (C=S) groups is 1. The van der Waals surface area contributed by atoms with Crippen LogP contribution in [0.1, 0.15) is 11.1 Å². The summed E-state index contributed by atoms with van der Waals surface area (Å²) in [7, 11) is 0. The van der Waals surface area contributed by atoms with E-state index in [2.05, 4.69) is 22.8 Å². The van der Waals surface area contributed by atoms with Crippen molar-refractivity contribution >= 4 is 34.8 Å². The second kappa shape index (κ2) is 8.94. The number of hydrogen-bond acceptors (Lipinski definition) is 2. The van der Waals surface area contributed by atoms with E-state index < -0.39 is 11.7 Å². The highest BCUT2D eigenvalue weighted by Crippen LogP contribution is 2.30. The fourth-order valence-electron chi connectivity index (χ4n) is 1.95. The van der Waals surface area contributed by atoms with Gasteiger partial charge in [-0.1, -0.05) is 36.4 Å². The Labute approximate surface area is 148 Å². The van der Waals surface area contributed by atoms with Crippen molar-refractivity contribution in [3.05, 3.63) is 65.7 Å². The molecule has 2 nitrogen and oxygen atoms in total. The van der Waals surface area contributed by atoms with Crippen LogP contribution in [0.15, 0.2) is 54.6 Å². The van der Waals surface area contributed by atoms with E-state index in [0.717, 1.165) is 23.6 Å². The lowest BCUT2D eigenvalue weighted by molar-refractivity contribution is -0.137. The molecule has 24 heavy (non-hydrogen) atoms. The van der Waals surface area contributed by atoms with Crippen LogP contribution in [0.25, 0.3) is 0 Å². The van der Waals surface area contributed by atoms with Crippen LogP contribution in [0.3, 0.4) is 0 Å². The highest BCUT2D eigenvalue weighted by Gasteiger charge is 2.30. The van der Waals surface area contributed by atoms with Gasteiger partial charge < -0.3 is 10.6 Å². The number of alkyl halides is 3. The van der Waals surface area contributed by atoms with Crippen molar-refractivity contribution in [2.24, 2.45) is 0 Å². The summed E-state index contributed by atoms with van der Waals surface area (Å²) in [5.41, 5.74) is 0.875. The van der Waals surface area contributed by atoms with Crippen molar-refractivity contribution in [1.82, 2.24) is 5.32 Å². The van der Waals surface area contributed by atoms with Crippen LogP contribution in [-0.4, -0.2) is 17.4 Å². The Morgan fingerprint density at radius 2 is 1.79 bits per heavy atom. The van der Waals surface area contributed by atoms with Gasteiger partial charge in [0.05, 0.1) is 5.56 Å². The van der Waals surface area contributed by atoms with Gasteiger partial charge in [-0.2, -0.15) is 24.9 Å². The first-order chi connectivity index (χ1) is 11.4. The average molecular weight is 370 g/mol. The number of thioether (sulfide) groups is 1. The van der Waals surface area contributed by atoms with Gasteiger partial charge in [-0.25, -0.2) is 0 Å². The summed E-state index contributed by atoms with van der Waals surface area (Å²) in [6, 6.07) is 15.1. The molecule has 0 aromatic heterocycles. The Bertz CT molecular complexity index is 660. The molecule has 128 valence electrons. The third-order valence-corrected chi connectivity index (χ3v) is 4.37. The van der Waals surface area contributed by atoms with Gasteiger partial charge in [-0.15, -0.1) is 0 Å². The molecule has 2 rings (SSSR count). The number of halogens is 3. The number of rotatable bonds is 6. The second-order valence-electron chi connectivity index (χ2n) is 5.00. The topological polar surface area (TPSA) is 24.1 Å². The Morgan fingerprint density at radius 3 is 2.50 bits per heavy atom. The molecular weight excluding hydrogens is 353 g/mol. The van der Waals surface area contributed by atoms with Crippen LogP contribution in [0.2, 0.25) is 0 Å². The lowest BCUT2D eigenvalue weighted by atomic mass is 10.2. The van der Waals surface area contributed by atoms with E-state index in [1.807, 2.05) is 18.2 Å². The van der Waals surface area contributed by atoms with Crippen LogP contribution < -0.4 is 10.6 Å². The maximum Gasteiger partial charge on any atom is 0.416 e. The summed E-state index contributed by atoms with van der Waals surface area (Å²) in [6.45, 7) is 0.641. The Morgan fingerprint density at radius 1 is 1.04 bits per heavy atom. The SMILES string of the molecule is FC(F)(F)c1cccc(NC(=S)NCCSCc2ccccc2)c1. The van der Waals surface area contributed by atoms with Crippen molar-refractivity contribution in [3.63, 3.8) is 0 Å². The molecule has 0 bridgehead atoms. The van der Waals surface area contributed by atoms with Crippen molar-refractivity contribution in [1.29, 1.82) is 0 Å². The molecule has 0 fully saturated rings. The van der Waals surface area contributed by atoms with E-state index in [0.29, 0.717) is 17.3 Å². The van der Waals surface area contributed by atoms with Gasteiger partial charge in [0.1, 0.15) is 0 Å². The van der Waals surface area contributed by atoms with Crippen LogP contribution in [-0.2, 0) is 11.9 Å². The Hall–Kier alpha value is -1.73. The maximum absolute atomic E-state index is 12.7. The lowest BCUT2D eigenvalue weighted by Crippen LogP contribution is -2.30.